The number of ether oxygens (including phenoxy) is 1. The van der Waals surface area contributed by atoms with Gasteiger partial charge in [-0.3, -0.25) is 0 Å². The normalized spacial score (nSPS) is 16.8. The summed E-state index contributed by atoms with van der Waals surface area (Å²) in [5, 5.41) is 3.06. The van der Waals surface area contributed by atoms with Crippen LogP contribution in [0.25, 0.3) is 0 Å². The molecule has 0 spiro atoms. The molecule has 0 aliphatic carbocycles. The van der Waals surface area contributed by atoms with E-state index in [1.165, 1.54) is 0 Å². The minimum absolute atomic E-state index is 0.187. The summed E-state index contributed by atoms with van der Waals surface area (Å²) < 4.78 is 5.40. The molecule has 0 aromatic rings. The molecule has 94 valence electrons. The molecule has 0 radical (unpaired) electrons. The smallest absolute Gasteiger partial charge is 0.410 e. The van der Waals surface area contributed by atoms with E-state index in [2.05, 4.69) is 5.32 Å². The Kier molecular flexibility index (Phi) is 4.92. The number of carbonyl (C=O) groups excluding carboxylic acids is 1. The maximum atomic E-state index is 12.0. The fourth-order valence-corrected chi connectivity index (χ4v) is 2.19. The highest BCUT2D eigenvalue weighted by Crippen LogP contribution is 2.24. The zero-order valence-corrected chi connectivity index (χ0v) is 11.4. The van der Waals surface area contributed by atoms with E-state index >= 15 is 0 Å². The summed E-state index contributed by atoms with van der Waals surface area (Å²) in [7, 11) is 1.89. The lowest BCUT2D eigenvalue weighted by atomic mass is 10.2. The van der Waals surface area contributed by atoms with E-state index in [1.807, 2.05) is 44.5 Å². The van der Waals surface area contributed by atoms with Gasteiger partial charge in [-0.2, -0.15) is 11.8 Å². The molecule has 0 atom stereocenters. The van der Waals surface area contributed by atoms with Gasteiger partial charge in [0.1, 0.15) is 5.60 Å². The number of rotatable bonds is 4. The van der Waals surface area contributed by atoms with E-state index in [4.69, 9.17) is 4.74 Å². The van der Waals surface area contributed by atoms with Crippen LogP contribution in [-0.4, -0.2) is 54.3 Å². The van der Waals surface area contributed by atoms with Crippen LogP contribution in [0.15, 0.2) is 0 Å². The van der Waals surface area contributed by atoms with Gasteiger partial charge in [0.2, 0.25) is 0 Å². The van der Waals surface area contributed by atoms with Gasteiger partial charge in [-0.1, -0.05) is 0 Å². The van der Waals surface area contributed by atoms with Gasteiger partial charge >= 0.3 is 6.09 Å². The van der Waals surface area contributed by atoms with E-state index in [-0.39, 0.29) is 6.09 Å². The molecular weight excluding hydrogens is 224 g/mol. The van der Waals surface area contributed by atoms with Crippen LogP contribution in [0.4, 0.5) is 4.79 Å². The van der Waals surface area contributed by atoms with Crippen LogP contribution in [-0.2, 0) is 4.74 Å². The van der Waals surface area contributed by atoms with Crippen molar-refractivity contribution in [2.75, 3.05) is 31.6 Å². The minimum atomic E-state index is -0.411. The fourth-order valence-electron chi connectivity index (χ4n) is 1.38. The van der Waals surface area contributed by atoms with Gasteiger partial charge in [0.05, 0.1) is 6.04 Å². The molecule has 0 aromatic carbocycles. The summed E-state index contributed by atoms with van der Waals surface area (Å²) in [6, 6.07) is 0.355. The fraction of sp³-hybridized carbons (Fsp3) is 0.909. The van der Waals surface area contributed by atoms with Gasteiger partial charge in [-0.15, -0.1) is 0 Å². The van der Waals surface area contributed by atoms with Gasteiger partial charge in [0.15, 0.2) is 0 Å². The number of amides is 1. The molecule has 1 heterocycles. The number of hydrogen-bond acceptors (Lipinski definition) is 4. The Balaban J connectivity index is 2.50. The van der Waals surface area contributed by atoms with E-state index in [0.717, 1.165) is 24.6 Å². The van der Waals surface area contributed by atoms with Gasteiger partial charge in [-0.05, 0) is 27.8 Å². The average Bonchev–Trinajstić information content (AvgIpc) is 2.05. The predicted molar refractivity (Wildman–Crippen MR) is 68.0 cm³/mol. The van der Waals surface area contributed by atoms with Gasteiger partial charge in [0, 0.05) is 24.6 Å². The molecule has 4 nitrogen and oxygen atoms in total. The number of likely N-dealkylation sites (N-methyl/N-ethyl adjacent to an activating group) is 1. The number of nitrogens with one attached hydrogen (secondary N) is 1. The quantitative estimate of drug-likeness (QED) is 0.817. The Bertz CT molecular complexity index is 237. The number of thioether (sulfide) groups is 1. The lowest BCUT2D eigenvalue weighted by Gasteiger charge is -2.37. The van der Waals surface area contributed by atoms with Crippen LogP contribution in [0, 0.1) is 0 Å². The molecule has 1 saturated heterocycles. The molecule has 0 aromatic heterocycles. The Morgan fingerprint density at radius 2 is 2.12 bits per heavy atom. The zero-order valence-electron chi connectivity index (χ0n) is 10.6. The molecule has 0 bridgehead atoms. The van der Waals surface area contributed by atoms with Crippen molar-refractivity contribution in [2.24, 2.45) is 0 Å². The van der Waals surface area contributed by atoms with Gasteiger partial charge in [-0.25, -0.2) is 4.79 Å². The highest BCUT2D eigenvalue weighted by molar-refractivity contribution is 8.00. The van der Waals surface area contributed by atoms with Crippen LogP contribution < -0.4 is 5.32 Å². The summed E-state index contributed by atoms with van der Waals surface area (Å²) in [5.41, 5.74) is -0.411. The monoisotopic (exact) mass is 246 g/mol. The first-order chi connectivity index (χ1) is 7.44. The Morgan fingerprint density at radius 1 is 1.50 bits per heavy atom. The largest absolute Gasteiger partial charge is 0.444 e. The van der Waals surface area contributed by atoms with E-state index in [9.17, 15) is 4.79 Å². The first kappa shape index (κ1) is 13.6. The number of nitrogens with zero attached hydrogens (tertiary/aromatic N) is 1. The summed E-state index contributed by atoms with van der Waals surface area (Å²) in [6.45, 7) is 7.22. The molecule has 1 aliphatic rings. The summed E-state index contributed by atoms with van der Waals surface area (Å²) in [6.07, 6.45) is -0.187. The lowest BCUT2D eigenvalue weighted by molar-refractivity contribution is 0.0193. The van der Waals surface area contributed by atoms with Crippen molar-refractivity contribution in [3.63, 3.8) is 0 Å². The highest BCUT2D eigenvalue weighted by atomic mass is 32.2. The van der Waals surface area contributed by atoms with E-state index < -0.39 is 5.60 Å². The molecule has 1 amide bonds. The van der Waals surface area contributed by atoms with Crippen molar-refractivity contribution in [1.29, 1.82) is 0 Å². The number of hydrogen-bond donors (Lipinski definition) is 1. The molecule has 16 heavy (non-hydrogen) atoms. The molecule has 1 fully saturated rings. The third-order valence-corrected chi connectivity index (χ3v) is 3.53. The molecular formula is C11H22N2O2S. The van der Waals surface area contributed by atoms with Crippen molar-refractivity contribution in [3.05, 3.63) is 0 Å². The molecule has 0 saturated carbocycles. The second-order valence-electron chi connectivity index (χ2n) is 4.97. The third-order valence-electron chi connectivity index (χ3n) is 2.29. The molecule has 1 aliphatic heterocycles. The van der Waals surface area contributed by atoms with Crippen molar-refractivity contribution in [2.45, 2.75) is 32.4 Å². The third kappa shape index (κ3) is 4.22. The zero-order chi connectivity index (χ0) is 12.2. The van der Waals surface area contributed by atoms with Crippen molar-refractivity contribution in [1.82, 2.24) is 10.2 Å². The van der Waals surface area contributed by atoms with Crippen LogP contribution in [0.2, 0.25) is 0 Å². The van der Waals surface area contributed by atoms with E-state index in [1.54, 1.807) is 0 Å². The molecule has 1 rings (SSSR count). The first-order valence-electron chi connectivity index (χ1n) is 5.66. The van der Waals surface area contributed by atoms with E-state index in [0.29, 0.717) is 6.04 Å². The van der Waals surface area contributed by atoms with Crippen LogP contribution in [0.3, 0.4) is 0 Å². The molecule has 0 unspecified atom stereocenters. The van der Waals surface area contributed by atoms with Crippen LogP contribution >= 0.6 is 11.8 Å². The summed E-state index contributed by atoms with van der Waals surface area (Å²) in [4.78, 5) is 13.8. The van der Waals surface area contributed by atoms with Crippen LogP contribution in [0.5, 0.6) is 0 Å². The standard InChI is InChI=1S/C11H22N2O2S/c1-11(2,3)15-10(14)13(6-5-12-4)9-7-16-8-9/h9,12H,5-8H2,1-4H3. The second-order valence-corrected chi connectivity index (χ2v) is 6.04. The maximum Gasteiger partial charge on any atom is 0.410 e. The van der Waals surface area contributed by atoms with Crippen LogP contribution in [0.1, 0.15) is 20.8 Å². The summed E-state index contributed by atoms with van der Waals surface area (Å²) >= 11 is 1.87. The summed E-state index contributed by atoms with van der Waals surface area (Å²) in [5.74, 6) is 2.06. The Hall–Kier alpha value is -0.420. The highest BCUT2D eigenvalue weighted by Gasteiger charge is 2.31. The van der Waals surface area contributed by atoms with Crippen molar-refractivity contribution >= 4 is 17.9 Å². The predicted octanol–water partition coefficient (Wildman–Crippen LogP) is 1.56. The van der Waals surface area contributed by atoms with Crippen molar-refractivity contribution < 1.29 is 9.53 Å². The van der Waals surface area contributed by atoms with Gasteiger partial charge < -0.3 is 15.0 Å². The minimum Gasteiger partial charge on any atom is -0.444 e. The van der Waals surface area contributed by atoms with Gasteiger partial charge in [0.25, 0.3) is 0 Å². The lowest BCUT2D eigenvalue weighted by Crippen LogP contribution is -2.51. The topological polar surface area (TPSA) is 41.6 Å². The SMILES string of the molecule is CNCCN(C(=O)OC(C)(C)C)C1CSC1. The Labute approximate surface area is 102 Å². The molecule has 1 N–H and O–H groups in total. The Morgan fingerprint density at radius 3 is 2.50 bits per heavy atom. The first-order valence-corrected chi connectivity index (χ1v) is 6.81. The van der Waals surface area contributed by atoms with Crippen molar-refractivity contribution in [3.8, 4) is 0 Å². The number of carbonyl (C=O) groups is 1. The average molecular weight is 246 g/mol. The molecule has 5 heteroatoms. The second kappa shape index (κ2) is 5.77. The maximum absolute atomic E-state index is 12.0.